The molecule has 0 bridgehead atoms. The lowest BCUT2D eigenvalue weighted by Gasteiger charge is -2.33. The van der Waals surface area contributed by atoms with Crippen LogP contribution >= 0.6 is 23.5 Å². The zero-order chi connectivity index (χ0) is 32.5. The smallest absolute Gasteiger partial charge is 0.417 e. The predicted octanol–water partition coefficient (Wildman–Crippen LogP) is 5.50. The van der Waals surface area contributed by atoms with Crippen LogP contribution in [0.1, 0.15) is 89.0 Å². The molecule has 12 heteroatoms. The lowest BCUT2D eigenvalue weighted by atomic mass is 9.83. The number of nitrogens with one attached hydrogen (secondary N) is 3. The topological polar surface area (TPSA) is 132 Å². The van der Waals surface area contributed by atoms with Crippen molar-refractivity contribution >= 4 is 47.4 Å². The molecular weight excluding hydrogens is 630 g/mol. The number of hydrogen-bond donors (Lipinski definition) is 3. The molecule has 4 aliphatic rings. The Hall–Kier alpha value is -2.50. The third-order valence-corrected chi connectivity index (χ3v) is 11.5. The summed E-state index contributed by atoms with van der Waals surface area (Å²) in [5.74, 6) is -0.934. The highest BCUT2D eigenvalue weighted by Crippen LogP contribution is 2.37. The molecule has 4 unspecified atom stereocenters. The van der Waals surface area contributed by atoms with E-state index in [1.165, 1.54) is 13.5 Å². The van der Waals surface area contributed by atoms with Gasteiger partial charge >= 0.3 is 12.1 Å². The molecule has 1 aromatic rings. The molecule has 5 rings (SSSR count). The number of methoxy groups -OCH3 is 1. The summed E-state index contributed by atoms with van der Waals surface area (Å²) < 4.78 is 19.2. The molecule has 46 heavy (non-hydrogen) atoms. The Labute approximate surface area is 281 Å². The zero-order valence-electron chi connectivity index (χ0n) is 26.7. The van der Waals surface area contributed by atoms with Crippen LogP contribution in [0.4, 0.5) is 4.79 Å². The molecule has 1 spiro atoms. The maximum Gasteiger partial charge on any atom is 0.417 e. The molecule has 3 amide bonds. The second-order valence-electron chi connectivity index (χ2n) is 13.5. The first-order valence-electron chi connectivity index (χ1n) is 16.9. The summed E-state index contributed by atoms with van der Waals surface area (Å²) in [7, 11) is 1.28. The van der Waals surface area contributed by atoms with Crippen LogP contribution < -0.4 is 15.4 Å². The molecule has 254 valence electrons. The number of carbonyl (C=O) groups is 4. The molecule has 2 saturated heterocycles. The first-order valence-corrected chi connectivity index (χ1v) is 18.1. The summed E-state index contributed by atoms with van der Waals surface area (Å²) in [5.41, 5.74) is 0.797. The highest BCUT2D eigenvalue weighted by atomic mass is 35.5. The third-order valence-electron chi connectivity index (χ3n) is 10.3. The van der Waals surface area contributed by atoms with E-state index in [1.54, 1.807) is 0 Å². The van der Waals surface area contributed by atoms with Gasteiger partial charge in [-0.1, -0.05) is 55.8 Å². The van der Waals surface area contributed by atoms with Crippen LogP contribution in [0.15, 0.2) is 24.3 Å². The normalized spacial score (nSPS) is 25.8. The van der Waals surface area contributed by atoms with Crippen molar-refractivity contribution in [1.29, 1.82) is 0 Å². The van der Waals surface area contributed by atoms with Crippen molar-refractivity contribution in [3.8, 4) is 0 Å². The highest BCUT2D eigenvalue weighted by molar-refractivity contribution is 7.99. The third kappa shape index (κ3) is 9.53. The van der Waals surface area contributed by atoms with Crippen molar-refractivity contribution in [2.24, 2.45) is 17.8 Å². The molecule has 0 radical (unpaired) electrons. The van der Waals surface area contributed by atoms with Gasteiger partial charge in [-0.3, -0.25) is 14.3 Å². The van der Waals surface area contributed by atoms with E-state index in [0.29, 0.717) is 37.0 Å². The number of amides is 3. The van der Waals surface area contributed by atoms with E-state index in [1.807, 2.05) is 24.3 Å². The number of benzene rings is 1. The van der Waals surface area contributed by atoms with Gasteiger partial charge in [0.05, 0.1) is 7.11 Å². The Balaban J connectivity index is 1.19. The second-order valence-corrected chi connectivity index (χ2v) is 15.0. The first kappa shape index (κ1) is 34.8. The van der Waals surface area contributed by atoms with Gasteiger partial charge in [-0.15, -0.1) is 0 Å². The average molecular weight is 678 g/mol. The Morgan fingerprint density at radius 1 is 1.09 bits per heavy atom. The van der Waals surface area contributed by atoms with E-state index in [0.717, 1.165) is 81.7 Å². The molecule has 2 saturated carbocycles. The van der Waals surface area contributed by atoms with E-state index in [2.05, 4.69) is 15.4 Å². The highest BCUT2D eigenvalue weighted by Gasteiger charge is 2.46. The molecule has 0 aromatic heterocycles. The van der Waals surface area contributed by atoms with Gasteiger partial charge in [-0.2, -0.15) is 0 Å². The lowest BCUT2D eigenvalue weighted by molar-refractivity contribution is -0.145. The molecule has 5 atom stereocenters. The van der Waals surface area contributed by atoms with Gasteiger partial charge in [0.15, 0.2) is 0 Å². The van der Waals surface area contributed by atoms with Crippen LogP contribution in [0.25, 0.3) is 0 Å². The van der Waals surface area contributed by atoms with Crippen LogP contribution in [0.5, 0.6) is 0 Å². The molecule has 3 N–H and O–H groups in total. The van der Waals surface area contributed by atoms with E-state index < -0.39 is 29.3 Å². The van der Waals surface area contributed by atoms with Crippen LogP contribution in [-0.4, -0.2) is 67.1 Å². The summed E-state index contributed by atoms with van der Waals surface area (Å²) in [6.07, 6.45) is 11.0. The van der Waals surface area contributed by atoms with E-state index >= 15 is 0 Å². The minimum absolute atomic E-state index is 0.108. The number of rotatable bonds is 12. The summed E-state index contributed by atoms with van der Waals surface area (Å²) in [4.78, 5) is 52.6. The number of esters is 1. The van der Waals surface area contributed by atoms with Crippen molar-refractivity contribution in [1.82, 2.24) is 15.4 Å². The largest absolute Gasteiger partial charge is 0.467 e. The van der Waals surface area contributed by atoms with Crippen molar-refractivity contribution in [3.63, 3.8) is 0 Å². The van der Waals surface area contributed by atoms with E-state index in [4.69, 9.17) is 25.8 Å². The maximum absolute atomic E-state index is 13.8. The Bertz CT molecular complexity index is 1220. The average Bonchev–Trinajstić information content (AvgIpc) is 3.60. The minimum Gasteiger partial charge on any atom is -0.467 e. The SMILES string of the molecule is COC(=O)C(CC1CC2(CCOCC2)NC1=O)NC(=O)[C@H](CC1CCCCC1)SNC(=O)OC1CCCC1Cc1cccc(Cl)c1. The van der Waals surface area contributed by atoms with Gasteiger partial charge in [0.2, 0.25) is 11.8 Å². The molecule has 2 heterocycles. The number of ether oxygens (including phenoxy) is 3. The van der Waals surface area contributed by atoms with Crippen LogP contribution in [0.3, 0.4) is 0 Å². The number of halogens is 1. The standard InChI is InChI=1S/C34H48ClN3O7S/c1-43-32(41)27(20-25-21-34(37-30(25)39)13-15-44-16-14-34)36-31(40)29(19-22-7-3-2-4-8-22)46-38-33(42)45-28-12-6-10-24(28)17-23-9-5-11-26(35)18-23/h5,9,11,18,22,24-25,27-29H,2-4,6-8,10,12-17,19-21H2,1H3,(H,36,40)(H,37,39)(H,38,42)/t24?,25?,27?,28?,29-/m0/s1. The summed E-state index contributed by atoms with van der Waals surface area (Å²) in [6.45, 7) is 1.17. The summed E-state index contributed by atoms with van der Waals surface area (Å²) in [5, 5.41) is 6.08. The van der Waals surface area contributed by atoms with Gasteiger partial charge in [0.25, 0.3) is 0 Å². The van der Waals surface area contributed by atoms with Gasteiger partial charge in [-0.05, 0) is 93.3 Å². The second kappa shape index (κ2) is 16.6. The van der Waals surface area contributed by atoms with Gasteiger partial charge in [0.1, 0.15) is 17.4 Å². The van der Waals surface area contributed by atoms with Crippen LogP contribution in [-0.2, 0) is 35.0 Å². The molecule has 4 fully saturated rings. The van der Waals surface area contributed by atoms with Crippen molar-refractivity contribution in [2.75, 3.05) is 20.3 Å². The van der Waals surface area contributed by atoms with Crippen molar-refractivity contribution in [3.05, 3.63) is 34.9 Å². The van der Waals surface area contributed by atoms with Crippen LogP contribution in [0.2, 0.25) is 5.02 Å². The molecule has 10 nitrogen and oxygen atoms in total. The fourth-order valence-electron chi connectivity index (χ4n) is 7.74. The quantitative estimate of drug-likeness (QED) is 0.195. The van der Waals surface area contributed by atoms with Gasteiger partial charge in [-0.25, -0.2) is 9.59 Å². The molecule has 2 aliphatic carbocycles. The van der Waals surface area contributed by atoms with E-state index in [9.17, 15) is 19.2 Å². The monoisotopic (exact) mass is 677 g/mol. The Kier molecular flexibility index (Phi) is 12.5. The number of carbonyl (C=O) groups excluding carboxylic acids is 4. The minimum atomic E-state index is -0.976. The fourth-order valence-corrected chi connectivity index (χ4v) is 8.78. The summed E-state index contributed by atoms with van der Waals surface area (Å²) in [6, 6.07) is 6.79. The zero-order valence-corrected chi connectivity index (χ0v) is 28.3. The first-order chi connectivity index (χ1) is 22.2. The van der Waals surface area contributed by atoms with Crippen molar-refractivity contribution in [2.45, 2.75) is 113 Å². The molecular formula is C34H48ClN3O7S. The molecule has 2 aliphatic heterocycles. The summed E-state index contributed by atoms with van der Waals surface area (Å²) >= 11 is 7.22. The lowest BCUT2D eigenvalue weighted by Crippen LogP contribution is -2.47. The predicted molar refractivity (Wildman–Crippen MR) is 176 cm³/mol. The fraction of sp³-hybridized carbons (Fsp3) is 0.706. The van der Waals surface area contributed by atoms with Gasteiger partial charge < -0.3 is 24.8 Å². The Morgan fingerprint density at radius 2 is 1.87 bits per heavy atom. The molecule has 1 aromatic carbocycles. The van der Waals surface area contributed by atoms with Crippen LogP contribution in [0, 0.1) is 17.8 Å². The van der Waals surface area contributed by atoms with Crippen molar-refractivity contribution < 1.29 is 33.4 Å². The van der Waals surface area contributed by atoms with Gasteiger partial charge in [0, 0.05) is 35.6 Å². The Morgan fingerprint density at radius 3 is 2.61 bits per heavy atom. The van der Waals surface area contributed by atoms with E-state index in [-0.39, 0.29) is 35.8 Å². The number of hydrogen-bond acceptors (Lipinski definition) is 8. The maximum atomic E-state index is 13.8.